The molecule has 0 saturated heterocycles. The first-order valence-electron chi connectivity index (χ1n) is 7.23. The number of nitrogen functional groups attached to an aromatic ring is 2. The van der Waals surface area contributed by atoms with Gasteiger partial charge in [0.2, 0.25) is 17.8 Å². The van der Waals surface area contributed by atoms with E-state index in [1.807, 2.05) is 20.8 Å². The molecule has 1 heterocycles. The van der Waals surface area contributed by atoms with Gasteiger partial charge in [0.1, 0.15) is 0 Å². The molecule has 0 unspecified atom stereocenters. The van der Waals surface area contributed by atoms with E-state index in [-0.39, 0.29) is 11.9 Å². The maximum atomic E-state index is 5.65. The Labute approximate surface area is 133 Å². The highest BCUT2D eigenvalue weighted by Gasteiger charge is 2.31. The third kappa shape index (κ3) is 6.09. The van der Waals surface area contributed by atoms with Gasteiger partial charge in [-0.25, -0.2) is 0 Å². The number of nitrogens with one attached hydrogen (secondary N) is 1. The van der Waals surface area contributed by atoms with Crippen LogP contribution in [0.2, 0.25) is 6.04 Å². The van der Waals surface area contributed by atoms with Gasteiger partial charge in [-0.1, -0.05) is 0 Å². The lowest BCUT2D eigenvalue weighted by Crippen LogP contribution is -2.40. The molecular weight excluding hydrogens is 304 g/mol. The third-order valence-electron chi connectivity index (χ3n) is 2.52. The first-order valence-corrected chi connectivity index (χ1v) is 8.43. The van der Waals surface area contributed by atoms with Crippen LogP contribution in [0.15, 0.2) is 0 Å². The van der Waals surface area contributed by atoms with E-state index >= 15 is 0 Å². The first kappa shape index (κ1) is 18.6. The van der Waals surface area contributed by atoms with Crippen molar-refractivity contribution in [3.05, 3.63) is 0 Å². The highest BCUT2D eigenvalue weighted by atomic mass is 28.2. The molecule has 2 radical (unpaired) electrons. The van der Waals surface area contributed by atoms with Gasteiger partial charge in [-0.2, -0.15) is 15.0 Å². The highest BCUT2D eigenvalue weighted by molar-refractivity contribution is 6.39. The molecule has 0 saturated carbocycles. The minimum Gasteiger partial charge on any atom is -0.380 e. The van der Waals surface area contributed by atoms with Crippen molar-refractivity contribution in [2.45, 2.75) is 39.2 Å². The third-order valence-corrected chi connectivity index (χ3v) is 3.42. The lowest BCUT2D eigenvalue weighted by molar-refractivity contribution is -0.377. The molecule has 0 aliphatic heterocycles. The number of rotatable bonds is 11. The molecule has 22 heavy (non-hydrogen) atoms. The van der Waals surface area contributed by atoms with E-state index in [9.17, 15) is 0 Å². The van der Waals surface area contributed by atoms with E-state index in [0.29, 0.717) is 41.9 Å². The molecule has 0 aliphatic rings. The zero-order valence-electron chi connectivity index (χ0n) is 13.3. The number of ether oxygens (including phenoxy) is 3. The van der Waals surface area contributed by atoms with E-state index in [4.69, 9.17) is 25.7 Å². The Hall–Kier alpha value is -1.49. The predicted molar refractivity (Wildman–Crippen MR) is 85.1 cm³/mol. The molecular formula is C12H24N6O3Si. The largest absolute Gasteiger partial charge is 0.380 e. The summed E-state index contributed by atoms with van der Waals surface area (Å²) in [6.07, 6.45) is 0.587. The van der Waals surface area contributed by atoms with E-state index in [0.717, 1.165) is 6.04 Å². The van der Waals surface area contributed by atoms with Gasteiger partial charge >= 0.3 is 0 Å². The van der Waals surface area contributed by atoms with Crippen LogP contribution in [0.25, 0.3) is 0 Å². The minimum absolute atomic E-state index is 0.0899. The lowest BCUT2D eigenvalue weighted by atomic mass is 10.4. The Kier molecular flexibility index (Phi) is 8.02. The normalized spacial score (nSPS) is 11.6. The second-order valence-corrected chi connectivity index (χ2v) is 5.26. The van der Waals surface area contributed by atoms with E-state index < -0.39 is 5.97 Å². The fourth-order valence-electron chi connectivity index (χ4n) is 1.82. The maximum Gasteiger partial charge on any atom is 0.282 e. The molecule has 0 atom stereocenters. The van der Waals surface area contributed by atoms with Crippen molar-refractivity contribution in [1.82, 2.24) is 15.0 Å². The zero-order chi connectivity index (χ0) is 16.4. The van der Waals surface area contributed by atoms with Gasteiger partial charge in [0.05, 0.1) is 0 Å². The van der Waals surface area contributed by atoms with Crippen LogP contribution in [-0.2, 0) is 14.2 Å². The summed E-state index contributed by atoms with van der Waals surface area (Å²) < 4.78 is 17.0. The summed E-state index contributed by atoms with van der Waals surface area (Å²) in [4.78, 5) is 14.7. The van der Waals surface area contributed by atoms with Crippen LogP contribution in [0.5, 0.6) is 0 Å². The topological polar surface area (TPSA) is 130 Å². The van der Waals surface area contributed by atoms with E-state index in [2.05, 4.69) is 19.9 Å². The Morgan fingerprint density at radius 1 is 0.955 bits per heavy atom. The van der Waals surface area contributed by atoms with Gasteiger partial charge in [-0.3, -0.25) is 0 Å². The van der Waals surface area contributed by atoms with Crippen LogP contribution in [0.3, 0.4) is 0 Å². The summed E-state index contributed by atoms with van der Waals surface area (Å²) in [6, 6.07) is 0.755. The van der Waals surface area contributed by atoms with Gasteiger partial charge in [-0.05, 0) is 26.8 Å². The molecule has 0 spiro atoms. The second-order valence-electron chi connectivity index (χ2n) is 4.16. The monoisotopic (exact) mass is 328 g/mol. The van der Waals surface area contributed by atoms with Crippen molar-refractivity contribution in [2.75, 3.05) is 36.3 Å². The molecule has 0 fully saturated rings. The smallest absolute Gasteiger partial charge is 0.282 e. The van der Waals surface area contributed by atoms with Crippen LogP contribution in [0, 0.1) is 0 Å². The molecule has 10 heteroatoms. The molecule has 0 aromatic carbocycles. The molecule has 9 nitrogen and oxygen atoms in total. The molecule has 0 aliphatic carbocycles. The second kappa shape index (κ2) is 9.51. The number of aromatic nitrogens is 3. The van der Waals surface area contributed by atoms with Gasteiger partial charge in [-0.15, -0.1) is 0 Å². The van der Waals surface area contributed by atoms with Gasteiger partial charge in [0, 0.05) is 26.2 Å². The number of hydrogen-bond acceptors (Lipinski definition) is 9. The molecule has 0 amide bonds. The zero-order valence-corrected chi connectivity index (χ0v) is 14.3. The van der Waals surface area contributed by atoms with Crippen molar-refractivity contribution in [3.8, 4) is 0 Å². The molecule has 124 valence electrons. The lowest BCUT2D eigenvalue weighted by Gasteiger charge is -2.32. The van der Waals surface area contributed by atoms with Gasteiger partial charge < -0.3 is 30.7 Å². The quantitative estimate of drug-likeness (QED) is 0.304. The Balaban J connectivity index is 2.50. The summed E-state index contributed by atoms with van der Waals surface area (Å²) in [6.45, 7) is 7.25. The predicted octanol–water partition coefficient (Wildman–Crippen LogP) is 0.639. The number of nitrogens with two attached hydrogens (primary N) is 2. The highest BCUT2D eigenvalue weighted by Crippen LogP contribution is 2.22. The Morgan fingerprint density at radius 3 is 1.91 bits per heavy atom. The van der Waals surface area contributed by atoms with Gasteiger partial charge in [0.15, 0.2) is 9.68 Å². The van der Waals surface area contributed by atoms with Crippen molar-refractivity contribution in [1.29, 1.82) is 0 Å². The molecule has 1 rings (SSSR count). The average molecular weight is 328 g/mol. The summed E-state index contributed by atoms with van der Waals surface area (Å²) >= 11 is 0. The summed E-state index contributed by atoms with van der Waals surface area (Å²) in [5.74, 6) is -0.457. The van der Waals surface area contributed by atoms with Crippen molar-refractivity contribution in [2.24, 2.45) is 0 Å². The SMILES string of the molecule is CCOC(CC[Si]Nc1nc(N)nc(N)n1)(OCC)OCC. The van der Waals surface area contributed by atoms with Crippen LogP contribution < -0.4 is 16.4 Å². The summed E-state index contributed by atoms with van der Waals surface area (Å²) in [5.41, 5.74) is 11.0. The summed E-state index contributed by atoms with van der Waals surface area (Å²) in [5, 5.41) is 0. The first-order chi connectivity index (χ1) is 10.5. The standard InChI is InChI=1S/C12H24N6O3Si/c1-4-19-12(20-5-2,21-6-3)7-8-22-18-11-16-9(13)15-10(14)17-11/h4-8H2,1-3H3,(H5,13,14,15,16,17,18). The summed E-state index contributed by atoms with van der Waals surface area (Å²) in [7, 11) is 0.335. The Morgan fingerprint density at radius 2 is 1.45 bits per heavy atom. The van der Waals surface area contributed by atoms with Crippen LogP contribution in [0.1, 0.15) is 27.2 Å². The minimum atomic E-state index is -0.996. The van der Waals surface area contributed by atoms with Crippen molar-refractivity contribution >= 4 is 27.5 Å². The molecule has 0 bridgehead atoms. The van der Waals surface area contributed by atoms with Crippen molar-refractivity contribution < 1.29 is 14.2 Å². The van der Waals surface area contributed by atoms with E-state index in [1.165, 1.54) is 0 Å². The molecule has 1 aromatic rings. The fourth-order valence-corrected chi connectivity index (χ4v) is 2.65. The van der Waals surface area contributed by atoms with E-state index in [1.54, 1.807) is 0 Å². The molecule has 5 N–H and O–H groups in total. The maximum absolute atomic E-state index is 5.65. The average Bonchev–Trinajstić information content (AvgIpc) is 2.43. The van der Waals surface area contributed by atoms with Crippen LogP contribution in [-0.4, -0.2) is 50.4 Å². The fraction of sp³-hybridized carbons (Fsp3) is 0.750. The number of nitrogens with zero attached hydrogens (tertiary/aromatic N) is 3. The van der Waals surface area contributed by atoms with Crippen molar-refractivity contribution in [3.63, 3.8) is 0 Å². The van der Waals surface area contributed by atoms with Crippen LogP contribution >= 0.6 is 0 Å². The van der Waals surface area contributed by atoms with Gasteiger partial charge in [0.25, 0.3) is 5.97 Å². The molecule has 1 aromatic heterocycles. The Bertz CT molecular complexity index is 414. The number of anilines is 3. The van der Waals surface area contributed by atoms with Crippen LogP contribution in [0.4, 0.5) is 17.8 Å². The number of hydrogen-bond donors (Lipinski definition) is 3.